The molecule has 5 nitrogen and oxygen atoms in total. The minimum Gasteiger partial charge on any atom is -0.390 e. The van der Waals surface area contributed by atoms with Crippen LogP contribution in [0.1, 0.15) is 44.1 Å². The highest BCUT2D eigenvalue weighted by molar-refractivity contribution is 5.94. The second-order valence-electron chi connectivity index (χ2n) is 7.60. The molecule has 0 bridgehead atoms. The average molecular weight is 351 g/mol. The summed E-state index contributed by atoms with van der Waals surface area (Å²) in [7, 11) is 0. The number of amides is 1. The third-order valence-corrected chi connectivity index (χ3v) is 4.36. The van der Waals surface area contributed by atoms with Crippen LogP contribution in [0.4, 0.5) is 5.69 Å². The minimum atomic E-state index is -0.0294. The van der Waals surface area contributed by atoms with Gasteiger partial charge >= 0.3 is 0 Å². The van der Waals surface area contributed by atoms with Crippen LogP contribution >= 0.6 is 0 Å². The summed E-state index contributed by atoms with van der Waals surface area (Å²) in [5.41, 5.74) is 4.59. The van der Waals surface area contributed by atoms with Crippen molar-refractivity contribution in [2.75, 3.05) is 5.32 Å². The van der Waals surface area contributed by atoms with Crippen LogP contribution in [0, 0.1) is 0 Å². The fourth-order valence-electron chi connectivity index (χ4n) is 2.85. The van der Waals surface area contributed by atoms with E-state index in [2.05, 4.69) is 36.1 Å². The molecule has 2 heterocycles. The molecule has 0 aliphatic rings. The topological polar surface area (TPSA) is 78.0 Å². The molecule has 3 N–H and O–H groups in total. The number of carbonyl (C=O) groups is 1. The summed E-state index contributed by atoms with van der Waals surface area (Å²) < 4.78 is 0. The van der Waals surface area contributed by atoms with Gasteiger partial charge in [-0.05, 0) is 42.3 Å². The molecule has 0 saturated heterocycles. The van der Waals surface area contributed by atoms with E-state index in [-0.39, 0.29) is 17.9 Å². The predicted octanol–water partition coefficient (Wildman–Crippen LogP) is 3.92. The number of nitrogens with zero attached hydrogens (tertiary/aromatic N) is 1. The van der Waals surface area contributed by atoms with E-state index < -0.39 is 0 Å². The first-order valence-electron chi connectivity index (χ1n) is 8.83. The Bertz CT molecular complexity index is 905. The first-order valence-corrected chi connectivity index (χ1v) is 8.83. The third-order valence-electron chi connectivity index (χ3n) is 4.36. The lowest BCUT2D eigenvalue weighted by Crippen LogP contribution is -2.14. The maximum atomic E-state index is 12.2. The van der Waals surface area contributed by atoms with E-state index in [9.17, 15) is 9.90 Å². The highest BCUT2D eigenvalue weighted by Gasteiger charge is 2.14. The SMILES string of the molecule is CC(C)(C)c1ccc(CCC(=O)Nc2ccc3[nH]c(CO)cc3c2)cn1. The summed E-state index contributed by atoms with van der Waals surface area (Å²) in [6.07, 6.45) is 2.92. The van der Waals surface area contributed by atoms with Crippen LogP contribution in [-0.4, -0.2) is 21.0 Å². The van der Waals surface area contributed by atoms with Crippen LogP contribution in [-0.2, 0) is 23.2 Å². The number of anilines is 1. The first-order chi connectivity index (χ1) is 12.3. The standard InChI is InChI=1S/C21H25N3O2/c1-21(2,3)19-8-4-14(12-22-19)5-9-20(26)24-16-6-7-18-15(10-16)11-17(13-25)23-18/h4,6-8,10-12,23,25H,5,9,13H2,1-3H3,(H,24,26). The lowest BCUT2D eigenvalue weighted by molar-refractivity contribution is -0.116. The van der Waals surface area contributed by atoms with E-state index in [4.69, 9.17) is 0 Å². The number of rotatable bonds is 5. The zero-order valence-electron chi connectivity index (χ0n) is 15.5. The number of pyridine rings is 1. The molecule has 0 saturated carbocycles. The lowest BCUT2D eigenvalue weighted by atomic mass is 9.91. The molecule has 0 atom stereocenters. The highest BCUT2D eigenvalue weighted by Crippen LogP contribution is 2.21. The number of nitrogens with one attached hydrogen (secondary N) is 2. The molecule has 0 radical (unpaired) electrons. The largest absolute Gasteiger partial charge is 0.390 e. The van der Waals surface area contributed by atoms with E-state index in [1.165, 1.54) is 0 Å². The fourth-order valence-corrected chi connectivity index (χ4v) is 2.85. The van der Waals surface area contributed by atoms with E-state index in [1.807, 2.05) is 42.6 Å². The lowest BCUT2D eigenvalue weighted by Gasteiger charge is -2.17. The third kappa shape index (κ3) is 4.29. The molecule has 5 heteroatoms. The number of aromatic amines is 1. The van der Waals surface area contributed by atoms with Gasteiger partial charge in [0.15, 0.2) is 0 Å². The van der Waals surface area contributed by atoms with Crippen LogP contribution in [0.3, 0.4) is 0 Å². The molecule has 0 spiro atoms. The Balaban J connectivity index is 1.58. The number of benzene rings is 1. The number of hydrogen-bond donors (Lipinski definition) is 3. The zero-order valence-corrected chi connectivity index (χ0v) is 15.5. The zero-order chi connectivity index (χ0) is 18.7. The van der Waals surface area contributed by atoms with Gasteiger partial charge in [-0.25, -0.2) is 0 Å². The van der Waals surface area contributed by atoms with Gasteiger partial charge in [0.25, 0.3) is 0 Å². The van der Waals surface area contributed by atoms with Gasteiger partial charge in [0, 0.05) is 46.0 Å². The fraction of sp³-hybridized carbons (Fsp3) is 0.333. The first kappa shape index (κ1) is 18.1. The van der Waals surface area contributed by atoms with Gasteiger partial charge in [-0.15, -0.1) is 0 Å². The molecule has 3 rings (SSSR count). The Morgan fingerprint density at radius 3 is 2.65 bits per heavy atom. The van der Waals surface area contributed by atoms with Crippen molar-refractivity contribution in [2.24, 2.45) is 0 Å². The summed E-state index contributed by atoms with van der Waals surface area (Å²) in [5.74, 6) is -0.0258. The van der Waals surface area contributed by atoms with Gasteiger partial charge in [0.2, 0.25) is 5.91 Å². The number of hydrogen-bond acceptors (Lipinski definition) is 3. The van der Waals surface area contributed by atoms with Crippen molar-refractivity contribution < 1.29 is 9.90 Å². The number of aliphatic hydroxyl groups excluding tert-OH is 1. The van der Waals surface area contributed by atoms with E-state index in [0.717, 1.165) is 33.5 Å². The van der Waals surface area contributed by atoms with Crippen molar-refractivity contribution in [1.29, 1.82) is 0 Å². The maximum Gasteiger partial charge on any atom is 0.224 e. The Hall–Kier alpha value is -2.66. The Morgan fingerprint density at radius 1 is 1.19 bits per heavy atom. The number of aryl methyl sites for hydroxylation is 1. The summed E-state index contributed by atoms with van der Waals surface area (Å²) in [5, 5.41) is 13.1. The maximum absolute atomic E-state index is 12.2. The van der Waals surface area contributed by atoms with Crippen molar-refractivity contribution in [3.8, 4) is 0 Å². The number of carbonyl (C=O) groups excluding carboxylic acids is 1. The molecule has 0 fully saturated rings. The molecular weight excluding hydrogens is 326 g/mol. The second-order valence-corrected chi connectivity index (χ2v) is 7.60. The van der Waals surface area contributed by atoms with Crippen molar-refractivity contribution in [3.05, 3.63) is 59.5 Å². The second kappa shape index (κ2) is 7.30. The summed E-state index contributed by atoms with van der Waals surface area (Å²) in [6, 6.07) is 11.6. The van der Waals surface area contributed by atoms with Gasteiger partial charge < -0.3 is 15.4 Å². The van der Waals surface area contributed by atoms with Gasteiger partial charge in [-0.1, -0.05) is 26.8 Å². The van der Waals surface area contributed by atoms with Gasteiger partial charge in [0.05, 0.1) is 6.61 Å². The Morgan fingerprint density at radius 2 is 2.00 bits per heavy atom. The molecule has 2 aromatic heterocycles. The molecule has 0 aliphatic carbocycles. The molecular formula is C21H25N3O2. The Labute approximate surface area is 153 Å². The number of aromatic nitrogens is 2. The van der Waals surface area contributed by atoms with Crippen molar-refractivity contribution >= 4 is 22.5 Å². The molecule has 26 heavy (non-hydrogen) atoms. The monoisotopic (exact) mass is 351 g/mol. The normalized spacial score (nSPS) is 11.7. The Kier molecular flexibility index (Phi) is 5.09. The van der Waals surface area contributed by atoms with Gasteiger partial charge in [0.1, 0.15) is 0 Å². The molecule has 0 aliphatic heterocycles. The minimum absolute atomic E-state index is 0.0258. The van der Waals surface area contributed by atoms with Crippen LogP contribution in [0.25, 0.3) is 10.9 Å². The van der Waals surface area contributed by atoms with Crippen molar-refractivity contribution in [1.82, 2.24) is 9.97 Å². The van der Waals surface area contributed by atoms with E-state index >= 15 is 0 Å². The van der Waals surface area contributed by atoms with E-state index in [1.54, 1.807) is 0 Å². The molecule has 136 valence electrons. The molecule has 0 unspecified atom stereocenters. The van der Waals surface area contributed by atoms with E-state index in [0.29, 0.717) is 12.8 Å². The molecule has 1 amide bonds. The number of fused-ring (bicyclic) bond motifs is 1. The highest BCUT2D eigenvalue weighted by atomic mass is 16.3. The van der Waals surface area contributed by atoms with Crippen LogP contribution < -0.4 is 5.32 Å². The summed E-state index contributed by atoms with van der Waals surface area (Å²) in [6.45, 7) is 6.37. The van der Waals surface area contributed by atoms with Crippen LogP contribution in [0.2, 0.25) is 0 Å². The summed E-state index contributed by atoms with van der Waals surface area (Å²) >= 11 is 0. The van der Waals surface area contributed by atoms with Gasteiger partial charge in [-0.2, -0.15) is 0 Å². The predicted molar refractivity (Wildman–Crippen MR) is 104 cm³/mol. The molecule has 3 aromatic rings. The molecule has 1 aromatic carbocycles. The number of aliphatic hydroxyl groups is 1. The number of H-pyrrole nitrogens is 1. The summed E-state index contributed by atoms with van der Waals surface area (Å²) in [4.78, 5) is 19.8. The van der Waals surface area contributed by atoms with Crippen molar-refractivity contribution in [2.45, 2.75) is 45.6 Å². The smallest absolute Gasteiger partial charge is 0.224 e. The van der Waals surface area contributed by atoms with Crippen LogP contribution in [0.15, 0.2) is 42.6 Å². The van der Waals surface area contributed by atoms with Gasteiger partial charge in [-0.3, -0.25) is 9.78 Å². The van der Waals surface area contributed by atoms with Crippen LogP contribution in [0.5, 0.6) is 0 Å². The quantitative estimate of drug-likeness (QED) is 0.652. The van der Waals surface area contributed by atoms with Crippen molar-refractivity contribution in [3.63, 3.8) is 0 Å². The average Bonchev–Trinajstić information content (AvgIpc) is 3.02.